The highest BCUT2D eigenvalue weighted by molar-refractivity contribution is 5.90. The average Bonchev–Trinajstić information content (AvgIpc) is 2.95. The molecular weight excluding hydrogens is 274 g/mol. The summed E-state index contributed by atoms with van der Waals surface area (Å²) in [7, 11) is 0. The minimum atomic E-state index is -0.840. The van der Waals surface area contributed by atoms with Crippen LogP contribution in [-0.4, -0.2) is 74.2 Å². The van der Waals surface area contributed by atoms with Gasteiger partial charge in [-0.2, -0.15) is 0 Å². The third kappa shape index (κ3) is 3.57. The minimum absolute atomic E-state index is 0.193. The van der Waals surface area contributed by atoms with E-state index in [0.717, 1.165) is 18.7 Å². The van der Waals surface area contributed by atoms with Gasteiger partial charge in [-0.05, 0) is 13.3 Å². The summed E-state index contributed by atoms with van der Waals surface area (Å²) in [5.74, 6) is -0.124. The maximum absolute atomic E-state index is 12.3. The number of aliphatic carboxylic acids is 1. The van der Waals surface area contributed by atoms with Gasteiger partial charge in [-0.1, -0.05) is 6.92 Å². The Morgan fingerprint density at radius 2 is 2.00 bits per heavy atom. The van der Waals surface area contributed by atoms with Crippen molar-refractivity contribution in [2.75, 3.05) is 26.2 Å². The number of rotatable bonds is 5. The van der Waals surface area contributed by atoms with Crippen LogP contribution in [0, 0.1) is 0 Å². The maximum Gasteiger partial charge on any atom is 0.320 e. The lowest BCUT2D eigenvalue weighted by Crippen LogP contribution is -2.53. The normalized spacial score (nSPS) is 17.7. The molecule has 1 aromatic heterocycles. The zero-order valence-electron chi connectivity index (χ0n) is 12.4. The Bertz CT molecular complexity index is 508. The molecule has 0 spiro atoms. The van der Waals surface area contributed by atoms with Crippen LogP contribution in [0.25, 0.3) is 0 Å². The molecule has 2 N–H and O–H groups in total. The van der Waals surface area contributed by atoms with Gasteiger partial charge in [-0.25, -0.2) is 4.98 Å². The van der Waals surface area contributed by atoms with E-state index in [1.807, 2.05) is 11.8 Å². The van der Waals surface area contributed by atoms with Crippen molar-refractivity contribution in [2.24, 2.45) is 0 Å². The van der Waals surface area contributed by atoms with E-state index in [2.05, 4.69) is 15.2 Å². The highest BCUT2D eigenvalue weighted by Crippen LogP contribution is 2.09. The number of aromatic amines is 1. The van der Waals surface area contributed by atoms with Crippen molar-refractivity contribution in [2.45, 2.75) is 32.7 Å². The first-order valence-corrected chi connectivity index (χ1v) is 7.20. The fraction of sp³-hybridized carbons (Fsp3) is 0.692. The second-order valence-electron chi connectivity index (χ2n) is 5.20. The van der Waals surface area contributed by atoms with Gasteiger partial charge >= 0.3 is 5.97 Å². The number of aromatic nitrogens is 3. The number of amides is 1. The Kier molecular flexibility index (Phi) is 4.89. The third-order valence-electron chi connectivity index (χ3n) is 3.72. The van der Waals surface area contributed by atoms with Gasteiger partial charge in [0.15, 0.2) is 0 Å². The van der Waals surface area contributed by atoms with Crippen LogP contribution in [0.15, 0.2) is 0 Å². The molecule has 1 amide bonds. The van der Waals surface area contributed by atoms with Crippen molar-refractivity contribution >= 4 is 11.9 Å². The first-order chi connectivity index (χ1) is 10.0. The number of nitrogens with zero attached hydrogens (tertiary/aromatic N) is 4. The van der Waals surface area contributed by atoms with Crippen molar-refractivity contribution in [3.63, 3.8) is 0 Å². The summed E-state index contributed by atoms with van der Waals surface area (Å²) >= 11 is 0. The predicted molar refractivity (Wildman–Crippen MR) is 75.0 cm³/mol. The molecule has 1 unspecified atom stereocenters. The van der Waals surface area contributed by atoms with Crippen LogP contribution in [0.4, 0.5) is 0 Å². The summed E-state index contributed by atoms with van der Waals surface area (Å²) in [6.07, 6.45) is 1.71. The van der Waals surface area contributed by atoms with Crippen molar-refractivity contribution < 1.29 is 14.7 Å². The number of carboxylic acids is 1. The van der Waals surface area contributed by atoms with E-state index in [1.54, 1.807) is 11.8 Å². The van der Waals surface area contributed by atoms with E-state index in [1.165, 1.54) is 0 Å². The van der Waals surface area contributed by atoms with Crippen molar-refractivity contribution in [3.05, 3.63) is 11.6 Å². The minimum Gasteiger partial charge on any atom is -0.480 e. The zero-order valence-corrected chi connectivity index (χ0v) is 12.4. The molecule has 1 aliphatic rings. The van der Waals surface area contributed by atoms with E-state index < -0.39 is 12.0 Å². The van der Waals surface area contributed by atoms with Gasteiger partial charge in [-0.3, -0.25) is 19.6 Å². The number of nitrogens with one attached hydrogen (secondary N) is 1. The van der Waals surface area contributed by atoms with Crippen LogP contribution in [-0.2, 0) is 11.2 Å². The third-order valence-corrected chi connectivity index (χ3v) is 3.72. The number of hydrogen-bond acceptors (Lipinski definition) is 5. The van der Waals surface area contributed by atoms with Crippen LogP contribution >= 0.6 is 0 Å². The molecule has 1 aromatic rings. The fourth-order valence-electron chi connectivity index (χ4n) is 2.35. The van der Waals surface area contributed by atoms with Crippen molar-refractivity contribution in [1.29, 1.82) is 0 Å². The Balaban J connectivity index is 1.92. The molecule has 21 heavy (non-hydrogen) atoms. The number of aryl methyl sites for hydroxylation is 1. The molecular formula is C13H21N5O3. The maximum atomic E-state index is 12.3. The second kappa shape index (κ2) is 6.66. The molecule has 0 radical (unpaired) electrons. The lowest BCUT2D eigenvalue weighted by Gasteiger charge is -2.36. The van der Waals surface area contributed by atoms with E-state index in [9.17, 15) is 9.59 Å². The largest absolute Gasteiger partial charge is 0.480 e. The molecule has 0 aliphatic carbocycles. The van der Waals surface area contributed by atoms with E-state index in [4.69, 9.17) is 5.11 Å². The van der Waals surface area contributed by atoms with Crippen LogP contribution in [0.1, 0.15) is 36.7 Å². The summed E-state index contributed by atoms with van der Waals surface area (Å²) in [6, 6.07) is -0.526. The van der Waals surface area contributed by atoms with E-state index in [0.29, 0.717) is 26.2 Å². The number of hydrogen-bond donors (Lipinski definition) is 2. The molecule has 1 saturated heterocycles. The van der Waals surface area contributed by atoms with Crippen molar-refractivity contribution in [1.82, 2.24) is 25.0 Å². The monoisotopic (exact) mass is 295 g/mol. The molecule has 1 aliphatic heterocycles. The highest BCUT2D eigenvalue weighted by atomic mass is 16.4. The number of piperazine rings is 1. The molecule has 1 atom stereocenters. The first kappa shape index (κ1) is 15.4. The molecule has 0 saturated carbocycles. The summed E-state index contributed by atoms with van der Waals surface area (Å²) in [6.45, 7) is 5.78. The van der Waals surface area contributed by atoms with Crippen LogP contribution in [0.3, 0.4) is 0 Å². The van der Waals surface area contributed by atoms with Gasteiger partial charge in [0, 0.05) is 32.6 Å². The summed E-state index contributed by atoms with van der Waals surface area (Å²) in [4.78, 5) is 30.9. The topological polar surface area (TPSA) is 102 Å². The number of carbonyl (C=O) groups excluding carboxylic acids is 1. The van der Waals surface area contributed by atoms with E-state index in [-0.39, 0.29) is 11.7 Å². The van der Waals surface area contributed by atoms with Crippen LogP contribution < -0.4 is 0 Å². The van der Waals surface area contributed by atoms with Gasteiger partial charge in [0.1, 0.15) is 11.9 Å². The quantitative estimate of drug-likeness (QED) is 0.792. The lowest BCUT2D eigenvalue weighted by atomic mass is 10.2. The molecule has 1 fully saturated rings. The van der Waals surface area contributed by atoms with Crippen molar-refractivity contribution in [3.8, 4) is 0 Å². The van der Waals surface area contributed by atoms with Gasteiger partial charge in [0.05, 0.1) is 0 Å². The Labute approximate surface area is 123 Å². The summed E-state index contributed by atoms with van der Waals surface area (Å²) in [5, 5.41) is 15.7. The number of H-pyrrole nitrogens is 1. The number of carboxylic acid groups (broad SMARTS) is 1. The average molecular weight is 295 g/mol. The smallest absolute Gasteiger partial charge is 0.320 e. The molecule has 0 bridgehead atoms. The van der Waals surface area contributed by atoms with Gasteiger partial charge < -0.3 is 10.0 Å². The van der Waals surface area contributed by atoms with Crippen LogP contribution in [0.5, 0.6) is 0 Å². The fourth-order valence-corrected chi connectivity index (χ4v) is 2.35. The summed E-state index contributed by atoms with van der Waals surface area (Å²) in [5.41, 5.74) is 0. The Hall–Kier alpha value is -1.96. The second-order valence-corrected chi connectivity index (χ2v) is 5.20. The molecule has 116 valence electrons. The van der Waals surface area contributed by atoms with E-state index >= 15 is 0 Å². The predicted octanol–water partition coefficient (Wildman–Crippen LogP) is -0.0119. The standard InChI is InChI=1S/C13H21N5O3/c1-3-4-10-14-11(16-15-10)12(19)18-7-5-17(6-8-18)9(2)13(20)21/h9H,3-8H2,1-2H3,(H,20,21)(H,14,15,16). The van der Waals surface area contributed by atoms with Gasteiger partial charge in [-0.15, -0.1) is 5.10 Å². The highest BCUT2D eigenvalue weighted by Gasteiger charge is 2.28. The summed E-state index contributed by atoms with van der Waals surface area (Å²) < 4.78 is 0. The van der Waals surface area contributed by atoms with Gasteiger partial charge in [0.2, 0.25) is 5.82 Å². The Morgan fingerprint density at radius 3 is 2.57 bits per heavy atom. The number of carbonyl (C=O) groups is 2. The SMILES string of the molecule is CCCc1nc(C(=O)N2CCN(C(C)C(=O)O)CC2)n[nH]1. The first-order valence-electron chi connectivity index (χ1n) is 7.20. The van der Waals surface area contributed by atoms with Gasteiger partial charge in [0.25, 0.3) is 5.91 Å². The molecule has 8 heteroatoms. The molecule has 8 nitrogen and oxygen atoms in total. The molecule has 2 heterocycles. The zero-order chi connectivity index (χ0) is 15.4. The van der Waals surface area contributed by atoms with Crippen LogP contribution in [0.2, 0.25) is 0 Å². The lowest BCUT2D eigenvalue weighted by molar-refractivity contribution is -0.143. The Morgan fingerprint density at radius 1 is 1.33 bits per heavy atom. The molecule has 2 rings (SSSR count). The molecule has 0 aromatic carbocycles.